The number of phosphoric ester groups is 1. The number of aliphatic hydroxyl groups is 1. The number of carboxylic acids is 1. The van der Waals surface area contributed by atoms with E-state index in [0.717, 1.165) is 186 Å². The molecule has 22 heteroatoms. The van der Waals surface area contributed by atoms with Crippen LogP contribution in [0.25, 0.3) is 0 Å². The van der Waals surface area contributed by atoms with Crippen molar-refractivity contribution >= 4 is 49.5 Å². The summed E-state index contributed by atoms with van der Waals surface area (Å²) in [4.78, 5) is 119. The van der Waals surface area contributed by atoms with Crippen LogP contribution < -0.4 is 10.6 Å². The third kappa shape index (κ3) is 60.5. The largest absolute Gasteiger partial charge is 0.480 e. The molecule has 109 heavy (non-hydrogen) atoms. The Labute approximate surface area is 662 Å². The lowest BCUT2D eigenvalue weighted by molar-refractivity contribution is -0.272. The topological polar surface area (TPSA) is 306 Å². The molecule has 0 aromatic heterocycles. The van der Waals surface area contributed by atoms with E-state index in [1.807, 2.05) is 0 Å². The number of amides is 2. The van der Waals surface area contributed by atoms with E-state index in [9.17, 15) is 58.1 Å². The minimum Gasteiger partial charge on any atom is -0.480 e. The molecule has 21 nitrogen and oxygen atoms in total. The number of phosphoric acid groups is 1. The fourth-order valence-electron chi connectivity index (χ4n) is 14.6. The van der Waals surface area contributed by atoms with Crippen molar-refractivity contribution in [2.45, 2.75) is 501 Å². The van der Waals surface area contributed by atoms with Crippen LogP contribution in [0.5, 0.6) is 0 Å². The summed E-state index contributed by atoms with van der Waals surface area (Å²) in [7, 11) is -5.57. The number of carboxylic acid groups (broad SMARTS) is 1. The summed E-state index contributed by atoms with van der Waals surface area (Å²) in [6.07, 6.45) is 45.8. The third-order valence-corrected chi connectivity index (χ3v) is 21.7. The summed E-state index contributed by atoms with van der Waals surface area (Å²) < 4.78 is 55.2. The Kier molecular flexibility index (Phi) is 68.2. The average Bonchev–Trinajstić information content (AvgIpc) is 0.780. The highest BCUT2D eigenvalue weighted by Crippen LogP contribution is 2.42. The van der Waals surface area contributed by atoms with Crippen LogP contribution in [0.15, 0.2) is 0 Å². The zero-order chi connectivity index (χ0) is 80.1. The number of rotatable bonds is 79. The van der Waals surface area contributed by atoms with E-state index in [4.69, 9.17) is 32.9 Å². The Bertz CT molecular complexity index is 2280. The fourth-order valence-corrected chi connectivity index (χ4v) is 15.1. The molecule has 0 saturated carbocycles. The minimum absolute atomic E-state index is 0.127. The van der Waals surface area contributed by atoms with E-state index in [0.29, 0.717) is 51.4 Å². The van der Waals surface area contributed by atoms with Crippen LogP contribution in [0.2, 0.25) is 0 Å². The van der Waals surface area contributed by atoms with Gasteiger partial charge in [0, 0.05) is 19.3 Å². The summed E-state index contributed by atoms with van der Waals surface area (Å²) in [6, 6.07) is -3.60. The first kappa shape index (κ1) is 103. The maximum atomic E-state index is 14.9. The Balaban J connectivity index is 3.85. The first-order valence-electron chi connectivity index (χ1n) is 45.1. The molecule has 1 aliphatic heterocycles. The molecule has 0 aromatic carbocycles. The molecular weight excluding hydrogens is 1410 g/mol. The van der Waals surface area contributed by atoms with Crippen molar-refractivity contribution in [2.75, 3.05) is 13.2 Å². The van der Waals surface area contributed by atoms with E-state index in [-0.39, 0.29) is 32.1 Å². The molecule has 0 bridgehead atoms. The maximum absolute atomic E-state index is 14.9. The van der Waals surface area contributed by atoms with Crippen molar-refractivity contribution in [3.8, 4) is 0 Å². The number of esters is 4. The highest BCUT2D eigenvalue weighted by Gasteiger charge is 2.52. The number of hydrogen-bond acceptors (Lipinski definition) is 16. The second kappa shape index (κ2) is 72.0. The lowest BCUT2D eigenvalue weighted by atomic mass is 9.95. The Hall–Kier alpha value is -3.72. The Morgan fingerprint density at radius 3 is 0.954 bits per heavy atom. The first-order chi connectivity index (χ1) is 52.8. The smallest absolute Gasteiger partial charge is 0.470 e. The number of ether oxygens (including phenoxy) is 6. The highest BCUT2D eigenvalue weighted by molar-refractivity contribution is 7.46. The second-order valence-corrected chi connectivity index (χ2v) is 32.9. The van der Waals surface area contributed by atoms with Crippen molar-refractivity contribution in [1.82, 2.24) is 10.6 Å². The molecule has 640 valence electrons. The van der Waals surface area contributed by atoms with Crippen molar-refractivity contribution in [2.24, 2.45) is 0 Å². The monoisotopic (exact) mass is 1570 g/mol. The molecule has 1 rings (SSSR count). The quantitative estimate of drug-likeness (QED) is 0.0143. The molecular formula is C87H163N2O19P. The van der Waals surface area contributed by atoms with Crippen molar-refractivity contribution in [3.05, 3.63) is 0 Å². The van der Waals surface area contributed by atoms with Gasteiger partial charge < -0.3 is 59.1 Å². The SMILES string of the molecule is CCCCCCCCCCCC(=O)O[C@H](CCCCCCCCCCC)CC(=O)N[C@H]1[C@H](OC[C@H](NC(=O)C[C@@H](CCCCCCCCCCC)OC(=O)CCCCCCCCCCC)C(=O)O)O[C@H](CO)[C@@H](OP(=O)(O)O)[C@@H]1OC(=O)C[C@@H](CCCCCCCCCCC)OC(=O)CCCCCCCCCCC. The van der Waals surface area contributed by atoms with Crippen molar-refractivity contribution in [1.29, 1.82) is 0 Å². The van der Waals surface area contributed by atoms with Gasteiger partial charge in [0.2, 0.25) is 11.8 Å². The van der Waals surface area contributed by atoms with Gasteiger partial charge in [-0.05, 0) is 57.8 Å². The van der Waals surface area contributed by atoms with Gasteiger partial charge in [0.15, 0.2) is 18.4 Å². The van der Waals surface area contributed by atoms with Gasteiger partial charge in [-0.1, -0.05) is 350 Å². The zero-order valence-corrected chi connectivity index (χ0v) is 70.9. The van der Waals surface area contributed by atoms with Crippen LogP contribution >= 0.6 is 7.82 Å². The van der Waals surface area contributed by atoms with Gasteiger partial charge in [-0.15, -0.1) is 0 Å². The molecule has 1 saturated heterocycles. The van der Waals surface area contributed by atoms with Crippen LogP contribution in [0.3, 0.4) is 0 Å². The fraction of sp³-hybridized carbons (Fsp3) is 0.920. The molecule has 0 spiro atoms. The number of nitrogens with one attached hydrogen (secondary N) is 2. The van der Waals surface area contributed by atoms with Crippen LogP contribution in [0, 0.1) is 0 Å². The highest BCUT2D eigenvalue weighted by atomic mass is 31.2. The second-order valence-electron chi connectivity index (χ2n) is 31.7. The molecule has 9 atom stereocenters. The normalized spacial score (nSPS) is 17.0. The molecule has 1 heterocycles. The lowest BCUT2D eigenvalue weighted by Gasteiger charge is -2.45. The van der Waals surface area contributed by atoms with Gasteiger partial charge in [-0.3, -0.25) is 33.3 Å². The summed E-state index contributed by atoms with van der Waals surface area (Å²) in [5, 5.41) is 27.1. The maximum Gasteiger partial charge on any atom is 0.470 e. The molecule has 0 unspecified atom stereocenters. The van der Waals surface area contributed by atoms with Gasteiger partial charge in [0.1, 0.15) is 36.6 Å². The summed E-state index contributed by atoms with van der Waals surface area (Å²) in [6.45, 7) is 11.2. The molecule has 0 radical (unpaired) electrons. The minimum atomic E-state index is -5.57. The Morgan fingerprint density at radius 1 is 0.376 bits per heavy atom. The predicted molar refractivity (Wildman–Crippen MR) is 435 cm³/mol. The molecule has 6 N–H and O–H groups in total. The summed E-state index contributed by atoms with van der Waals surface area (Å²) in [5.74, 6) is -5.51. The summed E-state index contributed by atoms with van der Waals surface area (Å²) >= 11 is 0. The zero-order valence-electron chi connectivity index (χ0n) is 70.0. The molecule has 1 fully saturated rings. The predicted octanol–water partition coefficient (Wildman–Crippen LogP) is 21.6. The number of aliphatic hydroxyl groups excluding tert-OH is 1. The van der Waals surface area contributed by atoms with Crippen molar-refractivity contribution < 1.29 is 91.1 Å². The standard InChI is InChI=1S/C87H163N2O19P/c1-7-13-19-25-31-37-43-49-55-61-72(103-79(93)64-58-52-46-40-34-28-22-16-10-4)67-77(91)88-75(86(97)98)71-102-87-83(89-78(92)68-73(62-56-50-44-38-32-26-20-14-8-2)104-80(94)65-59-53-47-41-35-29-23-17-11-5)85(84(76(70-90)106-87)108-109(99,100)101)107-82(96)69-74(63-57-51-45-39-33-27-21-15-9-3)105-81(95)66-60-54-48-42-36-30-24-18-12-6/h72-76,83-85,87,90H,7-71H2,1-6H3,(H,88,91)(H,89,92)(H,97,98)(H2,99,100,101)/t72-,73-,74-,75+,76-,83-,84-,85-,87-/m1/s1. The van der Waals surface area contributed by atoms with Crippen LogP contribution in [0.1, 0.15) is 446 Å². The van der Waals surface area contributed by atoms with Gasteiger partial charge in [-0.2, -0.15) is 0 Å². The van der Waals surface area contributed by atoms with Crippen LogP contribution in [0.4, 0.5) is 0 Å². The molecule has 0 aromatic rings. The van der Waals surface area contributed by atoms with Gasteiger partial charge in [0.25, 0.3) is 0 Å². The van der Waals surface area contributed by atoms with E-state index in [1.54, 1.807) is 0 Å². The van der Waals surface area contributed by atoms with Crippen LogP contribution in [-0.4, -0.2) is 130 Å². The van der Waals surface area contributed by atoms with Crippen LogP contribution in [-0.2, 0) is 71.1 Å². The van der Waals surface area contributed by atoms with E-state index in [1.165, 1.54) is 122 Å². The number of hydrogen-bond donors (Lipinski definition) is 6. The number of carbonyl (C=O) groups excluding carboxylic acids is 6. The number of unbranched alkanes of at least 4 members (excludes halogenated alkanes) is 48. The van der Waals surface area contributed by atoms with Crippen molar-refractivity contribution in [3.63, 3.8) is 0 Å². The van der Waals surface area contributed by atoms with Gasteiger partial charge in [-0.25, -0.2) is 9.36 Å². The Morgan fingerprint density at radius 2 is 0.661 bits per heavy atom. The molecule has 1 aliphatic rings. The molecule has 0 aliphatic carbocycles. The van der Waals surface area contributed by atoms with E-state index >= 15 is 0 Å². The van der Waals surface area contributed by atoms with Gasteiger partial charge in [0.05, 0.1) is 32.5 Å². The van der Waals surface area contributed by atoms with E-state index < -0.39 is 131 Å². The summed E-state index contributed by atoms with van der Waals surface area (Å²) in [5.41, 5.74) is 0. The average molecular weight is 1570 g/mol. The van der Waals surface area contributed by atoms with Gasteiger partial charge >= 0.3 is 37.7 Å². The lowest BCUT2D eigenvalue weighted by Crippen LogP contribution is -2.66. The number of carbonyl (C=O) groups is 7. The van der Waals surface area contributed by atoms with E-state index in [2.05, 4.69) is 52.2 Å². The number of aliphatic carboxylic acids is 1. The third-order valence-electron chi connectivity index (χ3n) is 21.2. The molecule has 2 amide bonds. The first-order valence-corrected chi connectivity index (χ1v) is 46.6.